The molecule has 24 heavy (non-hydrogen) atoms. The van der Waals surface area contributed by atoms with Crippen LogP contribution in [0, 0.1) is 6.92 Å². The molecule has 0 saturated carbocycles. The van der Waals surface area contributed by atoms with Gasteiger partial charge < -0.3 is 10.2 Å². The van der Waals surface area contributed by atoms with E-state index in [1.54, 1.807) is 23.1 Å². The molecule has 0 unspecified atom stereocenters. The van der Waals surface area contributed by atoms with Crippen molar-refractivity contribution >= 4 is 34.9 Å². The molecule has 1 fully saturated rings. The number of benzene rings is 2. The summed E-state index contributed by atoms with van der Waals surface area (Å²) in [6.07, 6.45) is 0. The molecule has 2 aromatic carbocycles. The van der Waals surface area contributed by atoms with Gasteiger partial charge in [-0.25, -0.2) is 4.79 Å². The molecule has 1 N–H and O–H groups in total. The van der Waals surface area contributed by atoms with Gasteiger partial charge >= 0.3 is 6.03 Å². The predicted octanol–water partition coefficient (Wildman–Crippen LogP) is 3.53. The Hall–Kier alpha value is -2.53. The standard InChI is InChI=1S/C18H18ClN3O2/c1-13-4-2-6-15(10-13)20-17(23)12-21-8-9-22(18(21)24)16-7-3-5-14(19)11-16/h2-7,10-11H,8-9,12H2,1H3,(H,20,23). The van der Waals surface area contributed by atoms with E-state index in [9.17, 15) is 9.59 Å². The number of halogens is 1. The van der Waals surface area contributed by atoms with Crippen molar-refractivity contribution in [3.8, 4) is 0 Å². The quantitative estimate of drug-likeness (QED) is 0.923. The van der Waals surface area contributed by atoms with E-state index in [1.165, 1.54) is 4.90 Å². The van der Waals surface area contributed by atoms with Gasteiger partial charge in [-0.2, -0.15) is 0 Å². The average molecular weight is 344 g/mol. The Bertz CT molecular complexity index is 778. The zero-order valence-corrected chi connectivity index (χ0v) is 14.1. The van der Waals surface area contributed by atoms with Crippen molar-refractivity contribution in [3.05, 3.63) is 59.1 Å². The van der Waals surface area contributed by atoms with E-state index in [-0.39, 0.29) is 18.5 Å². The number of rotatable bonds is 4. The van der Waals surface area contributed by atoms with Gasteiger partial charge in [0.05, 0.1) is 0 Å². The number of urea groups is 1. The minimum atomic E-state index is -0.207. The predicted molar refractivity (Wildman–Crippen MR) is 95.6 cm³/mol. The van der Waals surface area contributed by atoms with Gasteiger partial charge in [-0.3, -0.25) is 9.69 Å². The van der Waals surface area contributed by atoms with Crippen molar-refractivity contribution in [2.24, 2.45) is 0 Å². The number of amides is 3. The van der Waals surface area contributed by atoms with Crippen molar-refractivity contribution < 1.29 is 9.59 Å². The third-order valence-electron chi connectivity index (χ3n) is 3.85. The van der Waals surface area contributed by atoms with Crippen LogP contribution in [0.3, 0.4) is 0 Å². The van der Waals surface area contributed by atoms with E-state index in [0.29, 0.717) is 18.1 Å². The van der Waals surface area contributed by atoms with Gasteiger partial charge in [-0.05, 0) is 42.8 Å². The van der Waals surface area contributed by atoms with Crippen LogP contribution in [0.1, 0.15) is 5.56 Å². The summed E-state index contributed by atoms with van der Waals surface area (Å²) in [5.41, 5.74) is 2.55. The van der Waals surface area contributed by atoms with Crippen LogP contribution in [0.25, 0.3) is 0 Å². The number of anilines is 2. The van der Waals surface area contributed by atoms with Crippen LogP contribution in [-0.2, 0) is 4.79 Å². The molecule has 1 saturated heterocycles. The van der Waals surface area contributed by atoms with E-state index in [1.807, 2.05) is 37.3 Å². The zero-order chi connectivity index (χ0) is 17.1. The normalized spacial score (nSPS) is 14.2. The molecule has 0 spiro atoms. The average Bonchev–Trinajstić information content (AvgIpc) is 2.88. The van der Waals surface area contributed by atoms with Gasteiger partial charge in [0.15, 0.2) is 0 Å². The third kappa shape index (κ3) is 3.68. The summed E-state index contributed by atoms with van der Waals surface area (Å²) in [4.78, 5) is 27.8. The summed E-state index contributed by atoms with van der Waals surface area (Å²) in [5, 5.41) is 3.40. The second-order valence-corrected chi connectivity index (χ2v) is 6.19. The molecule has 3 amide bonds. The Morgan fingerprint density at radius 1 is 1.17 bits per heavy atom. The fourth-order valence-corrected chi connectivity index (χ4v) is 2.89. The fraction of sp³-hybridized carbons (Fsp3) is 0.222. The Balaban J connectivity index is 1.62. The SMILES string of the molecule is Cc1cccc(NC(=O)CN2CCN(c3cccc(Cl)c3)C2=O)c1. The summed E-state index contributed by atoms with van der Waals surface area (Å²) in [7, 11) is 0. The number of aryl methyl sites for hydroxylation is 1. The van der Waals surface area contributed by atoms with Crippen LogP contribution >= 0.6 is 11.6 Å². The molecule has 1 heterocycles. The molecule has 0 aliphatic carbocycles. The highest BCUT2D eigenvalue weighted by Crippen LogP contribution is 2.23. The van der Waals surface area contributed by atoms with Crippen molar-refractivity contribution in [2.45, 2.75) is 6.92 Å². The summed E-state index contributed by atoms with van der Waals surface area (Å²) >= 11 is 5.98. The Labute approximate surface area is 145 Å². The van der Waals surface area contributed by atoms with Crippen molar-refractivity contribution in [1.29, 1.82) is 0 Å². The van der Waals surface area contributed by atoms with Crippen molar-refractivity contribution in [3.63, 3.8) is 0 Å². The molecule has 0 aromatic heterocycles. The van der Waals surface area contributed by atoms with E-state index in [2.05, 4.69) is 5.32 Å². The highest BCUT2D eigenvalue weighted by molar-refractivity contribution is 6.30. The van der Waals surface area contributed by atoms with Gasteiger partial charge in [0.25, 0.3) is 0 Å². The molecule has 6 heteroatoms. The van der Waals surface area contributed by atoms with Gasteiger partial charge in [-0.1, -0.05) is 29.8 Å². The Morgan fingerprint density at radius 3 is 2.71 bits per heavy atom. The van der Waals surface area contributed by atoms with E-state index < -0.39 is 0 Å². The summed E-state index contributed by atoms with van der Waals surface area (Å²) in [5.74, 6) is -0.207. The maximum atomic E-state index is 12.5. The Morgan fingerprint density at radius 2 is 1.96 bits per heavy atom. The van der Waals surface area contributed by atoms with E-state index in [4.69, 9.17) is 11.6 Å². The summed E-state index contributed by atoms with van der Waals surface area (Å²) in [6.45, 7) is 3.04. The van der Waals surface area contributed by atoms with Crippen LogP contribution in [0.2, 0.25) is 5.02 Å². The zero-order valence-electron chi connectivity index (χ0n) is 13.3. The first kappa shape index (κ1) is 16.3. The topological polar surface area (TPSA) is 52.7 Å². The lowest BCUT2D eigenvalue weighted by atomic mass is 10.2. The summed E-state index contributed by atoms with van der Waals surface area (Å²) in [6, 6.07) is 14.5. The van der Waals surface area contributed by atoms with Gasteiger partial charge in [0.2, 0.25) is 5.91 Å². The molecule has 1 aliphatic rings. The monoisotopic (exact) mass is 343 g/mol. The van der Waals surface area contributed by atoms with Gasteiger partial charge in [0, 0.05) is 29.5 Å². The van der Waals surface area contributed by atoms with Crippen LogP contribution in [0.4, 0.5) is 16.2 Å². The van der Waals surface area contributed by atoms with Crippen molar-refractivity contribution in [2.75, 3.05) is 29.9 Å². The highest BCUT2D eigenvalue weighted by atomic mass is 35.5. The second-order valence-electron chi connectivity index (χ2n) is 5.75. The molecule has 2 aromatic rings. The molecular formula is C18H18ClN3O2. The summed E-state index contributed by atoms with van der Waals surface area (Å²) < 4.78 is 0. The van der Waals surface area contributed by atoms with Crippen LogP contribution in [-0.4, -0.2) is 36.5 Å². The number of hydrogen-bond acceptors (Lipinski definition) is 2. The fourth-order valence-electron chi connectivity index (χ4n) is 2.71. The van der Waals surface area contributed by atoms with Crippen LogP contribution in [0.15, 0.2) is 48.5 Å². The Kier molecular flexibility index (Phi) is 4.71. The van der Waals surface area contributed by atoms with Crippen molar-refractivity contribution in [1.82, 2.24) is 4.90 Å². The van der Waals surface area contributed by atoms with E-state index >= 15 is 0 Å². The molecular weight excluding hydrogens is 326 g/mol. The molecule has 124 valence electrons. The molecule has 0 radical (unpaired) electrons. The first-order valence-electron chi connectivity index (χ1n) is 7.71. The molecule has 0 bridgehead atoms. The largest absolute Gasteiger partial charge is 0.325 e. The molecule has 1 aliphatic heterocycles. The molecule has 0 atom stereocenters. The third-order valence-corrected chi connectivity index (χ3v) is 4.09. The van der Waals surface area contributed by atoms with Crippen LogP contribution < -0.4 is 10.2 Å². The maximum absolute atomic E-state index is 12.5. The van der Waals surface area contributed by atoms with Gasteiger partial charge in [0.1, 0.15) is 6.54 Å². The molecule has 3 rings (SSSR count). The number of nitrogens with zero attached hydrogens (tertiary/aromatic N) is 2. The lowest BCUT2D eigenvalue weighted by Gasteiger charge is -2.18. The highest BCUT2D eigenvalue weighted by Gasteiger charge is 2.30. The minimum Gasteiger partial charge on any atom is -0.325 e. The number of nitrogens with one attached hydrogen (secondary N) is 1. The number of carbonyl (C=O) groups excluding carboxylic acids is 2. The lowest BCUT2D eigenvalue weighted by Crippen LogP contribution is -2.37. The number of hydrogen-bond donors (Lipinski definition) is 1. The molecule has 5 nitrogen and oxygen atoms in total. The lowest BCUT2D eigenvalue weighted by molar-refractivity contribution is -0.116. The first-order chi connectivity index (χ1) is 11.5. The van der Waals surface area contributed by atoms with Crippen LogP contribution in [0.5, 0.6) is 0 Å². The van der Waals surface area contributed by atoms with E-state index in [0.717, 1.165) is 16.9 Å². The smallest absolute Gasteiger partial charge is 0.325 e. The number of carbonyl (C=O) groups is 2. The minimum absolute atomic E-state index is 0.0316. The maximum Gasteiger partial charge on any atom is 0.325 e. The first-order valence-corrected chi connectivity index (χ1v) is 8.09. The second kappa shape index (κ2) is 6.93. The van der Waals surface area contributed by atoms with Gasteiger partial charge in [-0.15, -0.1) is 0 Å².